The molecule has 1 N–H and O–H groups in total. The first kappa shape index (κ1) is 10.9. The SMILES string of the molecule is O=S(=O)(NCCF)C1CCCCC1. The van der Waals surface area contributed by atoms with Crippen LogP contribution in [0.15, 0.2) is 0 Å². The van der Waals surface area contributed by atoms with E-state index >= 15 is 0 Å². The Bertz CT molecular complexity index is 235. The summed E-state index contributed by atoms with van der Waals surface area (Å²) in [5.41, 5.74) is 0. The summed E-state index contributed by atoms with van der Waals surface area (Å²) in [5.74, 6) is 0. The number of alkyl halides is 1. The summed E-state index contributed by atoms with van der Waals surface area (Å²) in [4.78, 5) is 0. The molecule has 0 atom stereocenters. The maximum Gasteiger partial charge on any atom is 0.214 e. The van der Waals surface area contributed by atoms with E-state index in [2.05, 4.69) is 4.72 Å². The smallest absolute Gasteiger partial charge is 0.214 e. The van der Waals surface area contributed by atoms with Crippen molar-refractivity contribution in [2.45, 2.75) is 37.4 Å². The second kappa shape index (κ2) is 4.91. The molecule has 0 aromatic heterocycles. The number of halogens is 1. The Kier molecular flexibility index (Phi) is 4.12. The molecule has 0 aromatic carbocycles. The molecule has 0 aliphatic heterocycles. The topological polar surface area (TPSA) is 46.2 Å². The second-order valence-electron chi connectivity index (χ2n) is 3.39. The van der Waals surface area contributed by atoms with Crippen molar-refractivity contribution in [3.63, 3.8) is 0 Å². The third-order valence-corrected chi connectivity index (χ3v) is 4.34. The minimum atomic E-state index is -3.24. The van der Waals surface area contributed by atoms with Crippen molar-refractivity contribution in [3.05, 3.63) is 0 Å². The second-order valence-corrected chi connectivity index (χ2v) is 5.43. The Morgan fingerprint density at radius 3 is 2.38 bits per heavy atom. The van der Waals surface area contributed by atoms with Crippen molar-refractivity contribution in [1.82, 2.24) is 4.72 Å². The van der Waals surface area contributed by atoms with Crippen LogP contribution in [-0.4, -0.2) is 26.9 Å². The molecule has 0 unspecified atom stereocenters. The predicted octanol–water partition coefficient (Wildman–Crippen LogP) is 1.21. The summed E-state index contributed by atoms with van der Waals surface area (Å²) in [7, 11) is -3.24. The van der Waals surface area contributed by atoms with E-state index in [1.54, 1.807) is 0 Å². The van der Waals surface area contributed by atoms with Gasteiger partial charge in [-0.25, -0.2) is 17.5 Å². The fourth-order valence-electron chi connectivity index (χ4n) is 1.67. The van der Waals surface area contributed by atoms with Crippen molar-refractivity contribution in [3.8, 4) is 0 Å². The molecule has 1 aliphatic carbocycles. The van der Waals surface area contributed by atoms with Gasteiger partial charge < -0.3 is 0 Å². The molecule has 1 aliphatic rings. The van der Waals surface area contributed by atoms with E-state index in [9.17, 15) is 12.8 Å². The van der Waals surface area contributed by atoms with Crippen molar-refractivity contribution >= 4 is 10.0 Å². The lowest BCUT2D eigenvalue weighted by Crippen LogP contribution is -2.36. The van der Waals surface area contributed by atoms with Gasteiger partial charge in [-0.2, -0.15) is 0 Å². The Balaban J connectivity index is 2.47. The van der Waals surface area contributed by atoms with Gasteiger partial charge >= 0.3 is 0 Å². The van der Waals surface area contributed by atoms with Crippen LogP contribution in [0.5, 0.6) is 0 Å². The van der Waals surface area contributed by atoms with Crippen LogP contribution in [0.3, 0.4) is 0 Å². The average molecular weight is 209 g/mol. The highest BCUT2D eigenvalue weighted by atomic mass is 32.2. The number of nitrogens with one attached hydrogen (secondary N) is 1. The van der Waals surface area contributed by atoms with Crippen molar-refractivity contribution in [1.29, 1.82) is 0 Å². The first-order valence-electron chi connectivity index (χ1n) is 4.71. The quantitative estimate of drug-likeness (QED) is 0.756. The van der Waals surface area contributed by atoms with Gasteiger partial charge in [0.25, 0.3) is 0 Å². The largest absolute Gasteiger partial charge is 0.250 e. The molecule has 5 heteroatoms. The van der Waals surface area contributed by atoms with Gasteiger partial charge in [-0.15, -0.1) is 0 Å². The lowest BCUT2D eigenvalue weighted by molar-refractivity contribution is 0.462. The van der Waals surface area contributed by atoms with Crippen LogP contribution in [0.1, 0.15) is 32.1 Å². The molecular weight excluding hydrogens is 193 g/mol. The highest BCUT2D eigenvalue weighted by Crippen LogP contribution is 2.22. The number of hydrogen-bond acceptors (Lipinski definition) is 2. The maximum atomic E-state index is 11.8. The van der Waals surface area contributed by atoms with Crippen LogP contribution in [-0.2, 0) is 10.0 Å². The Hall–Kier alpha value is -0.160. The van der Waals surface area contributed by atoms with E-state index in [4.69, 9.17) is 0 Å². The summed E-state index contributed by atoms with van der Waals surface area (Å²) in [6.07, 6.45) is 4.51. The third-order valence-electron chi connectivity index (χ3n) is 2.39. The zero-order valence-electron chi connectivity index (χ0n) is 7.63. The molecule has 0 spiro atoms. The molecular formula is C8H16FNO2S. The van der Waals surface area contributed by atoms with E-state index in [0.717, 1.165) is 32.1 Å². The number of rotatable bonds is 4. The highest BCUT2D eigenvalue weighted by Gasteiger charge is 2.26. The Morgan fingerprint density at radius 1 is 1.23 bits per heavy atom. The van der Waals surface area contributed by atoms with Gasteiger partial charge in [0.1, 0.15) is 6.67 Å². The molecule has 3 nitrogen and oxygen atoms in total. The summed E-state index contributed by atoms with van der Waals surface area (Å²) in [5, 5.41) is -0.284. The normalized spacial score (nSPS) is 20.4. The highest BCUT2D eigenvalue weighted by molar-refractivity contribution is 7.90. The minimum absolute atomic E-state index is 0.0845. The summed E-state index contributed by atoms with van der Waals surface area (Å²) in [6, 6.07) is 0. The molecule has 1 saturated carbocycles. The van der Waals surface area contributed by atoms with Gasteiger partial charge in [0, 0.05) is 6.54 Å². The van der Waals surface area contributed by atoms with E-state index in [1.165, 1.54) is 0 Å². The van der Waals surface area contributed by atoms with E-state index in [1.807, 2.05) is 0 Å². The zero-order valence-corrected chi connectivity index (χ0v) is 8.45. The van der Waals surface area contributed by atoms with Crippen LogP contribution in [0.4, 0.5) is 4.39 Å². The van der Waals surface area contributed by atoms with Crippen LogP contribution in [0.25, 0.3) is 0 Å². The van der Waals surface area contributed by atoms with E-state index < -0.39 is 16.7 Å². The molecule has 0 bridgehead atoms. The van der Waals surface area contributed by atoms with Crippen molar-refractivity contribution in [2.75, 3.05) is 13.2 Å². The maximum absolute atomic E-state index is 11.8. The molecule has 0 amide bonds. The number of hydrogen-bond donors (Lipinski definition) is 1. The van der Waals surface area contributed by atoms with Gasteiger partial charge in [0.2, 0.25) is 10.0 Å². The van der Waals surface area contributed by atoms with E-state index in [0.29, 0.717) is 0 Å². The first-order valence-corrected chi connectivity index (χ1v) is 6.26. The molecule has 0 aromatic rings. The van der Waals surface area contributed by atoms with Gasteiger partial charge in [-0.3, -0.25) is 0 Å². The van der Waals surface area contributed by atoms with Gasteiger partial charge in [-0.05, 0) is 12.8 Å². The van der Waals surface area contributed by atoms with Crippen molar-refractivity contribution < 1.29 is 12.8 Å². The fraction of sp³-hybridized carbons (Fsp3) is 1.00. The molecule has 1 fully saturated rings. The molecule has 0 heterocycles. The fourth-order valence-corrected chi connectivity index (χ4v) is 3.23. The van der Waals surface area contributed by atoms with Crippen LogP contribution < -0.4 is 4.72 Å². The third kappa shape index (κ3) is 3.23. The molecule has 78 valence electrons. The number of sulfonamides is 1. The lowest BCUT2D eigenvalue weighted by Gasteiger charge is -2.21. The standard InChI is InChI=1S/C8H16FNO2S/c9-6-7-10-13(11,12)8-4-2-1-3-5-8/h8,10H,1-7H2. The van der Waals surface area contributed by atoms with Gasteiger partial charge in [0.15, 0.2) is 0 Å². The molecule has 1 rings (SSSR count). The summed E-state index contributed by atoms with van der Waals surface area (Å²) in [6.45, 7) is -0.717. The minimum Gasteiger partial charge on any atom is -0.250 e. The molecule has 0 saturated heterocycles. The summed E-state index contributed by atoms with van der Waals surface area (Å²) < 4.78 is 37.0. The van der Waals surface area contributed by atoms with E-state index in [-0.39, 0.29) is 11.8 Å². The van der Waals surface area contributed by atoms with Crippen LogP contribution in [0.2, 0.25) is 0 Å². The molecule has 0 radical (unpaired) electrons. The first-order chi connectivity index (χ1) is 6.17. The van der Waals surface area contributed by atoms with Crippen LogP contribution >= 0.6 is 0 Å². The van der Waals surface area contributed by atoms with Crippen molar-refractivity contribution in [2.24, 2.45) is 0 Å². The van der Waals surface area contributed by atoms with Gasteiger partial charge in [-0.1, -0.05) is 19.3 Å². The molecule has 13 heavy (non-hydrogen) atoms. The zero-order chi connectivity index (χ0) is 9.73. The Labute approximate surface area is 78.8 Å². The van der Waals surface area contributed by atoms with Crippen LogP contribution in [0, 0.1) is 0 Å². The van der Waals surface area contributed by atoms with Gasteiger partial charge in [0.05, 0.1) is 5.25 Å². The summed E-state index contributed by atoms with van der Waals surface area (Å²) >= 11 is 0. The monoisotopic (exact) mass is 209 g/mol. The lowest BCUT2D eigenvalue weighted by atomic mass is 10.0. The Morgan fingerprint density at radius 2 is 1.85 bits per heavy atom. The predicted molar refractivity (Wildman–Crippen MR) is 49.8 cm³/mol. The average Bonchev–Trinajstić information content (AvgIpc) is 2.16.